The number of aromatic nitrogens is 3. The van der Waals surface area contributed by atoms with Gasteiger partial charge in [-0.25, -0.2) is 4.98 Å². The van der Waals surface area contributed by atoms with Gasteiger partial charge in [-0.2, -0.15) is 0 Å². The van der Waals surface area contributed by atoms with E-state index >= 15 is 0 Å². The predicted octanol–water partition coefficient (Wildman–Crippen LogP) is 5.63. The number of hydrogen-bond acceptors (Lipinski definition) is 5. The van der Waals surface area contributed by atoms with Crippen molar-refractivity contribution in [2.24, 2.45) is 0 Å². The zero-order valence-corrected chi connectivity index (χ0v) is 21.3. The second kappa shape index (κ2) is 12.0. The molecule has 0 bridgehead atoms. The second-order valence-corrected chi connectivity index (χ2v) is 9.79. The summed E-state index contributed by atoms with van der Waals surface area (Å²) in [5, 5.41) is 3.92. The number of ether oxygens (including phenoxy) is 1. The minimum Gasteiger partial charge on any atom is -0.379 e. The highest BCUT2D eigenvalue weighted by atomic mass is 32.2. The van der Waals surface area contributed by atoms with Gasteiger partial charge in [0.05, 0.1) is 29.9 Å². The molecule has 2 aromatic carbocycles. The molecule has 1 amide bonds. The number of fused-ring (bicyclic) bond motifs is 1. The Kier molecular flexibility index (Phi) is 8.55. The smallest absolute Gasteiger partial charge is 0.251 e. The van der Waals surface area contributed by atoms with E-state index in [1.807, 2.05) is 50.4 Å². The molecule has 2 aromatic heterocycles. The fourth-order valence-corrected chi connectivity index (χ4v) is 4.76. The number of carbonyl (C=O) groups is 1. The van der Waals surface area contributed by atoms with Crippen molar-refractivity contribution in [1.82, 2.24) is 19.9 Å². The lowest BCUT2D eigenvalue weighted by atomic mass is 10.1. The first-order valence-corrected chi connectivity index (χ1v) is 13.0. The lowest BCUT2D eigenvalue weighted by molar-refractivity contribution is 0.0757. The van der Waals surface area contributed by atoms with E-state index in [4.69, 9.17) is 9.72 Å². The molecule has 0 atom stereocenters. The van der Waals surface area contributed by atoms with Crippen LogP contribution in [0.4, 0.5) is 0 Å². The molecule has 0 spiro atoms. The fraction of sp³-hybridized carbons (Fsp3) is 0.321. The summed E-state index contributed by atoms with van der Waals surface area (Å²) in [5.74, 6) is 0.785. The van der Waals surface area contributed by atoms with Gasteiger partial charge in [0.15, 0.2) is 5.16 Å². The van der Waals surface area contributed by atoms with Gasteiger partial charge >= 0.3 is 0 Å². The summed E-state index contributed by atoms with van der Waals surface area (Å²) in [5.41, 5.74) is 6.23. The number of imidazole rings is 1. The predicted molar refractivity (Wildman–Crippen MR) is 142 cm³/mol. The van der Waals surface area contributed by atoms with Crippen molar-refractivity contribution in [1.29, 1.82) is 0 Å². The Morgan fingerprint density at radius 1 is 1.11 bits per heavy atom. The molecule has 0 fully saturated rings. The first kappa shape index (κ1) is 24.9. The monoisotopic (exact) mass is 488 g/mol. The van der Waals surface area contributed by atoms with Gasteiger partial charge in [-0.15, -0.1) is 0 Å². The summed E-state index contributed by atoms with van der Waals surface area (Å²) in [6, 6.07) is 18.3. The van der Waals surface area contributed by atoms with Crippen molar-refractivity contribution in [2.45, 2.75) is 50.8 Å². The van der Waals surface area contributed by atoms with Gasteiger partial charge in [0, 0.05) is 30.7 Å². The second-order valence-electron chi connectivity index (χ2n) is 8.85. The molecule has 1 N–H and O–H groups in total. The van der Waals surface area contributed by atoms with Gasteiger partial charge in [-0.05, 0) is 56.5 Å². The Labute approximate surface area is 211 Å². The number of benzene rings is 2. The standard InChI is InChI=1S/C28H32N4O2S/c1-20(2)34-15-5-13-30-27(33)24-10-8-22(9-11-24)18-32-26-17-29-14-12-25(26)31-28(32)35-19-23-7-4-6-21(3)16-23/h4,6-12,14,16-17,20H,5,13,15,18-19H2,1-3H3,(H,30,33). The molecule has 4 aromatic rings. The molecule has 0 aliphatic rings. The molecule has 7 heteroatoms. The molecule has 182 valence electrons. The number of pyridine rings is 1. The van der Waals surface area contributed by atoms with Crippen molar-refractivity contribution in [2.75, 3.05) is 13.2 Å². The highest BCUT2D eigenvalue weighted by Crippen LogP contribution is 2.27. The van der Waals surface area contributed by atoms with E-state index in [2.05, 4.69) is 46.1 Å². The average molecular weight is 489 g/mol. The van der Waals surface area contributed by atoms with Crippen LogP contribution in [0.1, 0.15) is 47.3 Å². The summed E-state index contributed by atoms with van der Waals surface area (Å²) < 4.78 is 7.72. The number of nitrogens with zero attached hydrogens (tertiary/aromatic N) is 3. The molecule has 2 heterocycles. The van der Waals surface area contributed by atoms with Crippen LogP contribution in [-0.2, 0) is 17.0 Å². The number of thioether (sulfide) groups is 1. The molecule has 6 nitrogen and oxygen atoms in total. The lowest BCUT2D eigenvalue weighted by Gasteiger charge is -2.11. The first-order chi connectivity index (χ1) is 17.0. The summed E-state index contributed by atoms with van der Waals surface area (Å²) in [6.07, 6.45) is 4.65. The molecule has 0 radical (unpaired) electrons. The van der Waals surface area contributed by atoms with E-state index in [1.54, 1.807) is 18.0 Å². The highest BCUT2D eigenvalue weighted by Gasteiger charge is 2.13. The van der Waals surface area contributed by atoms with Crippen molar-refractivity contribution in [3.05, 3.63) is 89.2 Å². The van der Waals surface area contributed by atoms with Crippen LogP contribution in [-0.4, -0.2) is 39.7 Å². The van der Waals surface area contributed by atoms with E-state index < -0.39 is 0 Å². The number of aryl methyl sites for hydroxylation is 1. The van der Waals surface area contributed by atoms with Crippen molar-refractivity contribution < 1.29 is 9.53 Å². The zero-order chi connectivity index (χ0) is 24.6. The van der Waals surface area contributed by atoms with E-state index in [-0.39, 0.29) is 12.0 Å². The van der Waals surface area contributed by atoms with Crippen LogP contribution in [0.5, 0.6) is 0 Å². The quantitative estimate of drug-likeness (QED) is 0.219. The van der Waals surface area contributed by atoms with Crippen molar-refractivity contribution in [3.63, 3.8) is 0 Å². The summed E-state index contributed by atoms with van der Waals surface area (Å²) in [6.45, 7) is 8.04. The molecule has 0 saturated heterocycles. The van der Waals surface area contributed by atoms with Crippen LogP contribution >= 0.6 is 11.8 Å². The zero-order valence-electron chi connectivity index (χ0n) is 20.5. The fourth-order valence-electron chi connectivity index (χ4n) is 3.80. The minimum absolute atomic E-state index is 0.0622. The summed E-state index contributed by atoms with van der Waals surface area (Å²) in [7, 11) is 0. The van der Waals surface area contributed by atoms with E-state index in [0.717, 1.165) is 33.9 Å². The third-order valence-electron chi connectivity index (χ3n) is 5.58. The van der Waals surface area contributed by atoms with Crippen molar-refractivity contribution >= 4 is 28.7 Å². The maximum atomic E-state index is 12.5. The Morgan fingerprint density at radius 2 is 1.94 bits per heavy atom. The molecular weight excluding hydrogens is 456 g/mol. The largest absolute Gasteiger partial charge is 0.379 e. The Bertz CT molecular complexity index is 1270. The molecule has 4 rings (SSSR count). The number of rotatable bonds is 11. The number of amides is 1. The topological polar surface area (TPSA) is 69.0 Å². The SMILES string of the molecule is Cc1cccc(CSc2nc3ccncc3n2Cc2ccc(C(=O)NCCCOC(C)C)cc2)c1. The minimum atomic E-state index is -0.0622. The number of nitrogens with one attached hydrogen (secondary N) is 1. The Morgan fingerprint density at radius 3 is 2.71 bits per heavy atom. The normalized spacial score (nSPS) is 11.3. The molecule has 0 saturated carbocycles. The molecule has 0 unspecified atom stereocenters. The Hall–Kier alpha value is -3.16. The Balaban J connectivity index is 1.43. The van der Waals surface area contributed by atoms with Crippen LogP contribution < -0.4 is 5.32 Å². The average Bonchev–Trinajstić information content (AvgIpc) is 3.20. The number of hydrogen-bond donors (Lipinski definition) is 1. The molecule has 0 aliphatic carbocycles. The van der Waals surface area contributed by atoms with Gasteiger partial charge in [-0.1, -0.05) is 53.7 Å². The van der Waals surface area contributed by atoms with E-state index in [0.29, 0.717) is 25.3 Å². The third-order valence-corrected chi connectivity index (χ3v) is 6.63. The summed E-state index contributed by atoms with van der Waals surface area (Å²) >= 11 is 1.73. The van der Waals surface area contributed by atoms with Crippen LogP contribution in [0, 0.1) is 6.92 Å². The highest BCUT2D eigenvalue weighted by molar-refractivity contribution is 7.98. The van der Waals surface area contributed by atoms with Gasteiger partial charge in [-0.3, -0.25) is 9.78 Å². The van der Waals surface area contributed by atoms with Gasteiger partial charge in [0.1, 0.15) is 0 Å². The summed E-state index contributed by atoms with van der Waals surface area (Å²) in [4.78, 5) is 21.6. The maximum absolute atomic E-state index is 12.5. The maximum Gasteiger partial charge on any atom is 0.251 e. The molecule has 0 aliphatic heterocycles. The number of carbonyl (C=O) groups excluding carboxylic acids is 1. The molecule has 35 heavy (non-hydrogen) atoms. The van der Waals surface area contributed by atoms with E-state index in [1.165, 1.54) is 11.1 Å². The van der Waals surface area contributed by atoms with Gasteiger partial charge in [0.2, 0.25) is 0 Å². The van der Waals surface area contributed by atoms with E-state index in [9.17, 15) is 4.79 Å². The lowest BCUT2D eigenvalue weighted by Crippen LogP contribution is -2.25. The van der Waals surface area contributed by atoms with Crippen LogP contribution in [0.25, 0.3) is 11.0 Å². The third kappa shape index (κ3) is 6.93. The molecular formula is C28H32N4O2S. The van der Waals surface area contributed by atoms with Crippen molar-refractivity contribution in [3.8, 4) is 0 Å². The van der Waals surface area contributed by atoms with Gasteiger partial charge < -0.3 is 14.6 Å². The van der Waals surface area contributed by atoms with Crippen LogP contribution in [0.15, 0.2) is 72.1 Å². The first-order valence-electron chi connectivity index (χ1n) is 12.0. The van der Waals surface area contributed by atoms with Crippen LogP contribution in [0.3, 0.4) is 0 Å². The van der Waals surface area contributed by atoms with Crippen LogP contribution in [0.2, 0.25) is 0 Å². The van der Waals surface area contributed by atoms with Gasteiger partial charge in [0.25, 0.3) is 5.91 Å².